The topological polar surface area (TPSA) is 26.0 Å². The molecule has 1 aromatic heterocycles. The molecule has 0 bridgehead atoms. The highest BCUT2D eigenvalue weighted by Crippen LogP contribution is 2.23. The third kappa shape index (κ3) is 3.32. The number of hydrogen-bond donors (Lipinski definition) is 1. The highest BCUT2D eigenvalue weighted by Gasteiger charge is 2.09. The Hall–Kier alpha value is -0.830. The number of halogens is 1. The molecule has 17 heavy (non-hydrogen) atoms. The smallest absolute Gasteiger partial charge is 0.0559 e. The van der Waals surface area contributed by atoms with Crippen LogP contribution < -0.4 is 5.73 Å². The Bertz CT molecular complexity index is 434. The van der Waals surface area contributed by atoms with Crippen molar-refractivity contribution in [2.45, 2.75) is 25.8 Å². The van der Waals surface area contributed by atoms with Gasteiger partial charge in [-0.25, -0.2) is 0 Å². The van der Waals surface area contributed by atoms with Crippen LogP contribution in [0.15, 0.2) is 41.1 Å². The van der Waals surface area contributed by atoms with E-state index in [0.29, 0.717) is 5.92 Å². The maximum Gasteiger partial charge on any atom is 0.0559 e. The maximum absolute atomic E-state index is 6.19. The van der Waals surface area contributed by atoms with Gasteiger partial charge in [0, 0.05) is 0 Å². The van der Waals surface area contributed by atoms with Gasteiger partial charge in [0.05, 0.1) is 6.04 Å². The molecule has 2 N–H and O–H groups in total. The van der Waals surface area contributed by atoms with Crippen molar-refractivity contribution in [3.05, 3.63) is 57.8 Å². The molecule has 2 aromatic rings. The first-order valence-corrected chi connectivity index (χ1v) is 6.50. The lowest BCUT2D eigenvalue weighted by Gasteiger charge is -2.12. The summed E-state index contributed by atoms with van der Waals surface area (Å²) in [6.45, 7) is 4.40. The Morgan fingerprint density at radius 2 is 1.53 bits per heavy atom. The van der Waals surface area contributed by atoms with Crippen LogP contribution in [-0.4, -0.2) is 0 Å². The van der Waals surface area contributed by atoms with E-state index in [-0.39, 0.29) is 18.4 Å². The summed E-state index contributed by atoms with van der Waals surface area (Å²) in [6.07, 6.45) is 0. The average molecular weight is 268 g/mol. The van der Waals surface area contributed by atoms with Crippen LogP contribution >= 0.6 is 23.7 Å². The fraction of sp³-hybridized carbons (Fsp3) is 0.286. The van der Waals surface area contributed by atoms with Crippen molar-refractivity contribution in [1.82, 2.24) is 0 Å². The summed E-state index contributed by atoms with van der Waals surface area (Å²) in [5.41, 5.74) is 9.94. The molecule has 0 aliphatic rings. The van der Waals surface area contributed by atoms with Crippen molar-refractivity contribution in [1.29, 1.82) is 0 Å². The third-order valence-corrected chi connectivity index (χ3v) is 3.57. The number of thiophene rings is 1. The first-order chi connectivity index (χ1) is 7.68. The summed E-state index contributed by atoms with van der Waals surface area (Å²) < 4.78 is 0. The minimum absolute atomic E-state index is 0. The van der Waals surface area contributed by atoms with Gasteiger partial charge < -0.3 is 5.73 Å². The molecule has 0 fully saturated rings. The largest absolute Gasteiger partial charge is 0.320 e. The van der Waals surface area contributed by atoms with Gasteiger partial charge in [0.1, 0.15) is 0 Å². The monoisotopic (exact) mass is 267 g/mol. The highest BCUT2D eigenvalue weighted by molar-refractivity contribution is 7.08. The van der Waals surface area contributed by atoms with Gasteiger partial charge in [-0.2, -0.15) is 11.3 Å². The van der Waals surface area contributed by atoms with Crippen LogP contribution in [0.1, 0.15) is 42.5 Å². The summed E-state index contributed by atoms with van der Waals surface area (Å²) in [7, 11) is 0. The van der Waals surface area contributed by atoms with Gasteiger partial charge in [-0.05, 0) is 39.4 Å². The minimum atomic E-state index is 0. The van der Waals surface area contributed by atoms with Gasteiger partial charge in [0.15, 0.2) is 0 Å². The predicted octanol–water partition coefficient (Wildman–Crippen LogP) is 4.34. The lowest BCUT2D eigenvalue weighted by atomic mass is 9.97. The van der Waals surface area contributed by atoms with Crippen LogP contribution in [0.5, 0.6) is 0 Å². The van der Waals surface area contributed by atoms with Crippen LogP contribution in [0.3, 0.4) is 0 Å². The molecule has 0 aliphatic carbocycles. The van der Waals surface area contributed by atoms with E-state index in [9.17, 15) is 0 Å². The molecule has 1 nitrogen and oxygen atoms in total. The lowest BCUT2D eigenvalue weighted by molar-refractivity contribution is 0.849. The molecule has 1 heterocycles. The van der Waals surface area contributed by atoms with E-state index in [4.69, 9.17) is 5.73 Å². The van der Waals surface area contributed by atoms with Crippen LogP contribution in [0.25, 0.3) is 0 Å². The van der Waals surface area contributed by atoms with Crippen molar-refractivity contribution in [2.24, 2.45) is 5.73 Å². The van der Waals surface area contributed by atoms with Gasteiger partial charge in [-0.3, -0.25) is 0 Å². The van der Waals surface area contributed by atoms with Crippen molar-refractivity contribution < 1.29 is 0 Å². The maximum atomic E-state index is 6.19. The highest BCUT2D eigenvalue weighted by atomic mass is 35.5. The van der Waals surface area contributed by atoms with Crippen molar-refractivity contribution in [2.75, 3.05) is 0 Å². The Morgan fingerprint density at radius 3 is 2.00 bits per heavy atom. The Morgan fingerprint density at radius 1 is 0.941 bits per heavy atom. The molecule has 3 heteroatoms. The van der Waals surface area contributed by atoms with Gasteiger partial charge in [-0.1, -0.05) is 38.1 Å². The summed E-state index contributed by atoms with van der Waals surface area (Å²) in [5.74, 6) is 0.575. The van der Waals surface area contributed by atoms with E-state index >= 15 is 0 Å². The van der Waals surface area contributed by atoms with E-state index in [1.165, 1.54) is 16.7 Å². The summed E-state index contributed by atoms with van der Waals surface area (Å²) >= 11 is 1.69. The summed E-state index contributed by atoms with van der Waals surface area (Å²) in [5, 5.41) is 4.18. The van der Waals surface area contributed by atoms with Crippen LogP contribution in [0.4, 0.5) is 0 Å². The fourth-order valence-electron chi connectivity index (χ4n) is 1.73. The minimum Gasteiger partial charge on any atom is -0.320 e. The molecule has 0 spiro atoms. The van der Waals surface area contributed by atoms with Crippen LogP contribution in [-0.2, 0) is 0 Å². The Kier molecular flexibility index (Phi) is 5.19. The zero-order valence-electron chi connectivity index (χ0n) is 10.1. The van der Waals surface area contributed by atoms with Crippen LogP contribution in [0.2, 0.25) is 0 Å². The van der Waals surface area contributed by atoms with E-state index in [0.717, 1.165) is 0 Å². The van der Waals surface area contributed by atoms with Crippen molar-refractivity contribution in [3.8, 4) is 0 Å². The quantitative estimate of drug-likeness (QED) is 0.880. The standard InChI is InChI=1S/C14H17NS.ClH/c1-10(2)11-3-5-12(6-4-11)14(15)13-7-8-16-9-13;/h3-10,14H,15H2,1-2H3;1H/t14-;/m0./s1. The molecule has 0 radical (unpaired) electrons. The molecular formula is C14H18ClNS. The Balaban J connectivity index is 0.00000144. The van der Waals surface area contributed by atoms with Gasteiger partial charge in [0.25, 0.3) is 0 Å². The second kappa shape index (κ2) is 6.20. The zero-order chi connectivity index (χ0) is 11.5. The zero-order valence-corrected chi connectivity index (χ0v) is 11.7. The summed E-state index contributed by atoms with van der Waals surface area (Å²) in [6, 6.07) is 10.7. The normalized spacial score (nSPS) is 12.2. The molecule has 0 amide bonds. The molecule has 92 valence electrons. The van der Waals surface area contributed by atoms with E-state index < -0.39 is 0 Å². The molecule has 0 saturated heterocycles. The first kappa shape index (κ1) is 14.2. The van der Waals surface area contributed by atoms with E-state index in [1.807, 2.05) is 0 Å². The van der Waals surface area contributed by atoms with E-state index in [1.54, 1.807) is 11.3 Å². The molecular weight excluding hydrogens is 250 g/mol. The first-order valence-electron chi connectivity index (χ1n) is 5.56. The number of rotatable bonds is 3. The second-order valence-electron chi connectivity index (χ2n) is 4.36. The van der Waals surface area contributed by atoms with Gasteiger partial charge in [-0.15, -0.1) is 12.4 Å². The molecule has 2 rings (SSSR count). The third-order valence-electron chi connectivity index (χ3n) is 2.86. The second-order valence-corrected chi connectivity index (χ2v) is 5.14. The van der Waals surface area contributed by atoms with Gasteiger partial charge in [0.2, 0.25) is 0 Å². The molecule has 1 aromatic carbocycles. The fourth-order valence-corrected chi connectivity index (χ4v) is 2.43. The lowest BCUT2D eigenvalue weighted by Crippen LogP contribution is -2.10. The Labute approximate surface area is 113 Å². The van der Waals surface area contributed by atoms with Crippen LogP contribution in [0, 0.1) is 0 Å². The number of benzene rings is 1. The van der Waals surface area contributed by atoms with Gasteiger partial charge >= 0.3 is 0 Å². The van der Waals surface area contributed by atoms with E-state index in [2.05, 4.69) is 54.9 Å². The molecule has 0 saturated carbocycles. The predicted molar refractivity (Wildman–Crippen MR) is 78.1 cm³/mol. The number of hydrogen-bond acceptors (Lipinski definition) is 2. The average Bonchev–Trinajstić information content (AvgIpc) is 2.81. The van der Waals surface area contributed by atoms with Crippen molar-refractivity contribution >= 4 is 23.7 Å². The molecule has 0 unspecified atom stereocenters. The SMILES string of the molecule is CC(C)c1ccc([C@H](N)c2ccsc2)cc1.Cl. The molecule has 1 atom stereocenters. The summed E-state index contributed by atoms with van der Waals surface area (Å²) in [4.78, 5) is 0. The van der Waals surface area contributed by atoms with Crippen molar-refractivity contribution in [3.63, 3.8) is 0 Å². The molecule has 0 aliphatic heterocycles. The number of nitrogens with two attached hydrogens (primary N) is 1.